The first-order chi connectivity index (χ1) is 5.98. The van der Waals surface area contributed by atoms with E-state index < -0.39 is 11.7 Å². The largest absolute Gasteiger partial charge is 0.384 e. The molecular weight excluding hydrogens is 170 g/mol. The Labute approximate surface area is 77.2 Å². The second-order valence-electron chi connectivity index (χ2n) is 3.36. The molecule has 0 radical (unpaired) electrons. The van der Waals surface area contributed by atoms with Gasteiger partial charge in [0.25, 0.3) is 5.91 Å². The standard InChI is InChI=1S/C9H13NO3/c1-3-9(13)4-5-10(6-9)8(12)7(2)11/h1,7,11,13H,4-6H2,2H3/t7-,9?/m0/s1. The van der Waals surface area contributed by atoms with Crippen molar-refractivity contribution in [2.75, 3.05) is 13.1 Å². The third-order valence-electron chi connectivity index (χ3n) is 2.19. The highest BCUT2D eigenvalue weighted by Crippen LogP contribution is 2.20. The van der Waals surface area contributed by atoms with Gasteiger partial charge in [-0.1, -0.05) is 5.92 Å². The lowest BCUT2D eigenvalue weighted by molar-refractivity contribution is -0.138. The predicted octanol–water partition coefficient (Wildman–Crippen LogP) is -1.04. The van der Waals surface area contributed by atoms with Crippen molar-refractivity contribution < 1.29 is 15.0 Å². The predicted molar refractivity (Wildman–Crippen MR) is 46.7 cm³/mol. The molecule has 0 aliphatic carbocycles. The van der Waals surface area contributed by atoms with Gasteiger partial charge in [-0.15, -0.1) is 6.42 Å². The third kappa shape index (κ3) is 2.00. The number of aliphatic hydroxyl groups is 2. The van der Waals surface area contributed by atoms with Crippen molar-refractivity contribution in [2.24, 2.45) is 0 Å². The Bertz CT molecular complexity index is 256. The fourth-order valence-electron chi connectivity index (χ4n) is 1.36. The van der Waals surface area contributed by atoms with E-state index in [1.807, 2.05) is 0 Å². The summed E-state index contributed by atoms with van der Waals surface area (Å²) in [5, 5.41) is 18.6. The van der Waals surface area contributed by atoms with E-state index >= 15 is 0 Å². The zero-order valence-electron chi connectivity index (χ0n) is 7.53. The molecule has 0 aromatic rings. The molecule has 1 unspecified atom stereocenters. The molecule has 4 heteroatoms. The van der Waals surface area contributed by atoms with Crippen molar-refractivity contribution in [3.63, 3.8) is 0 Å². The van der Waals surface area contributed by atoms with Crippen molar-refractivity contribution in [1.82, 2.24) is 4.90 Å². The second kappa shape index (κ2) is 3.36. The smallest absolute Gasteiger partial charge is 0.251 e. The van der Waals surface area contributed by atoms with E-state index in [4.69, 9.17) is 11.5 Å². The van der Waals surface area contributed by atoms with Gasteiger partial charge in [0, 0.05) is 13.0 Å². The van der Waals surface area contributed by atoms with Gasteiger partial charge in [0.05, 0.1) is 6.54 Å². The highest BCUT2D eigenvalue weighted by atomic mass is 16.3. The monoisotopic (exact) mass is 183 g/mol. The molecular formula is C9H13NO3. The van der Waals surface area contributed by atoms with Gasteiger partial charge in [0.1, 0.15) is 11.7 Å². The number of amides is 1. The highest BCUT2D eigenvalue weighted by molar-refractivity contribution is 5.80. The summed E-state index contributed by atoms with van der Waals surface area (Å²) in [6, 6.07) is 0. The zero-order chi connectivity index (χ0) is 10.1. The van der Waals surface area contributed by atoms with E-state index in [9.17, 15) is 9.90 Å². The molecule has 1 aliphatic rings. The van der Waals surface area contributed by atoms with E-state index in [1.54, 1.807) is 0 Å². The van der Waals surface area contributed by atoms with Crippen LogP contribution >= 0.6 is 0 Å². The Balaban J connectivity index is 2.61. The first kappa shape index (κ1) is 10.0. The summed E-state index contributed by atoms with van der Waals surface area (Å²) in [6.45, 7) is 1.92. The Morgan fingerprint density at radius 1 is 1.77 bits per heavy atom. The molecule has 0 aromatic heterocycles. The van der Waals surface area contributed by atoms with Crippen molar-refractivity contribution in [2.45, 2.75) is 25.0 Å². The molecule has 72 valence electrons. The number of β-amino-alcohol motifs (C(OH)–C–C–N with tert-alkyl or cyclic N) is 1. The maximum absolute atomic E-state index is 11.2. The molecule has 0 aromatic carbocycles. The van der Waals surface area contributed by atoms with Crippen LogP contribution in [-0.2, 0) is 4.79 Å². The van der Waals surface area contributed by atoms with E-state index in [1.165, 1.54) is 11.8 Å². The molecule has 2 N–H and O–H groups in total. The van der Waals surface area contributed by atoms with Gasteiger partial charge in [0.2, 0.25) is 0 Å². The first-order valence-electron chi connectivity index (χ1n) is 4.15. The summed E-state index contributed by atoms with van der Waals surface area (Å²) in [5.74, 6) is 1.86. The Kier molecular flexibility index (Phi) is 2.60. The zero-order valence-corrected chi connectivity index (χ0v) is 7.53. The van der Waals surface area contributed by atoms with Gasteiger partial charge >= 0.3 is 0 Å². The molecule has 13 heavy (non-hydrogen) atoms. The number of rotatable bonds is 1. The summed E-state index contributed by atoms with van der Waals surface area (Å²) in [5.41, 5.74) is -1.20. The van der Waals surface area contributed by atoms with Gasteiger partial charge < -0.3 is 15.1 Å². The van der Waals surface area contributed by atoms with Crippen LogP contribution in [0.25, 0.3) is 0 Å². The Morgan fingerprint density at radius 2 is 2.38 bits per heavy atom. The summed E-state index contributed by atoms with van der Waals surface area (Å²) >= 11 is 0. The highest BCUT2D eigenvalue weighted by Gasteiger charge is 2.37. The average Bonchev–Trinajstić information content (AvgIpc) is 2.47. The maximum Gasteiger partial charge on any atom is 0.251 e. The van der Waals surface area contributed by atoms with Crippen molar-refractivity contribution >= 4 is 5.91 Å². The molecule has 1 aliphatic heterocycles. The van der Waals surface area contributed by atoms with E-state index in [2.05, 4.69) is 5.92 Å². The SMILES string of the molecule is C#CC1(O)CCN(C(=O)[C@H](C)O)C1. The van der Waals surface area contributed by atoms with Crippen LogP contribution in [0.1, 0.15) is 13.3 Å². The quantitative estimate of drug-likeness (QED) is 0.511. The van der Waals surface area contributed by atoms with Crippen molar-refractivity contribution in [1.29, 1.82) is 0 Å². The van der Waals surface area contributed by atoms with Gasteiger partial charge in [-0.05, 0) is 6.92 Å². The van der Waals surface area contributed by atoms with Crippen LogP contribution in [0.5, 0.6) is 0 Å². The summed E-state index contributed by atoms with van der Waals surface area (Å²) < 4.78 is 0. The van der Waals surface area contributed by atoms with Crippen LogP contribution in [0.2, 0.25) is 0 Å². The first-order valence-corrected chi connectivity index (χ1v) is 4.15. The maximum atomic E-state index is 11.2. The molecule has 1 rings (SSSR count). The number of carbonyl (C=O) groups excluding carboxylic acids is 1. The number of likely N-dealkylation sites (tertiary alicyclic amines) is 1. The molecule has 1 fully saturated rings. The van der Waals surface area contributed by atoms with Gasteiger partial charge in [0.15, 0.2) is 0 Å². The fourth-order valence-corrected chi connectivity index (χ4v) is 1.36. The van der Waals surface area contributed by atoms with Crippen LogP contribution in [0.4, 0.5) is 0 Å². The lowest BCUT2D eigenvalue weighted by Crippen LogP contribution is -2.39. The number of carbonyl (C=O) groups is 1. The van der Waals surface area contributed by atoms with Crippen molar-refractivity contribution in [3.05, 3.63) is 0 Å². The normalized spacial score (nSPS) is 29.8. The van der Waals surface area contributed by atoms with Crippen LogP contribution in [-0.4, -0.2) is 45.8 Å². The van der Waals surface area contributed by atoms with Crippen LogP contribution in [0.3, 0.4) is 0 Å². The molecule has 1 saturated heterocycles. The number of terminal acetylenes is 1. The van der Waals surface area contributed by atoms with Crippen molar-refractivity contribution in [3.8, 4) is 12.3 Å². The average molecular weight is 183 g/mol. The summed E-state index contributed by atoms with van der Waals surface area (Å²) in [4.78, 5) is 12.6. The molecule has 0 spiro atoms. The molecule has 2 atom stereocenters. The van der Waals surface area contributed by atoms with Gasteiger partial charge in [-0.2, -0.15) is 0 Å². The van der Waals surface area contributed by atoms with Crippen LogP contribution in [0, 0.1) is 12.3 Å². The van der Waals surface area contributed by atoms with Gasteiger partial charge in [-0.3, -0.25) is 4.79 Å². The molecule has 4 nitrogen and oxygen atoms in total. The minimum atomic E-state index is -1.20. The van der Waals surface area contributed by atoms with Gasteiger partial charge in [-0.25, -0.2) is 0 Å². The number of hydrogen-bond donors (Lipinski definition) is 2. The molecule has 0 bridgehead atoms. The van der Waals surface area contributed by atoms with E-state index in [0.29, 0.717) is 13.0 Å². The molecule has 1 amide bonds. The Hall–Kier alpha value is -1.05. The lowest BCUT2D eigenvalue weighted by Gasteiger charge is -2.19. The summed E-state index contributed by atoms with van der Waals surface area (Å²) in [7, 11) is 0. The summed E-state index contributed by atoms with van der Waals surface area (Å²) in [6.07, 6.45) is 4.46. The minimum Gasteiger partial charge on any atom is -0.384 e. The topological polar surface area (TPSA) is 60.8 Å². The van der Waals surface area contributed by atoms with Crippen LogP contribution < -0.4 is 0 Å². The second-order valence-corrected chi connectivity index (χ2v) is 3.36. The lowest BCUT2D eigenvalue weighted by atomic mass is 10.1. The number of hydrogen-bond acceptors (Lipinski definition) is 3. The fraction of sp³-hybridized carbons (Fsp3) is 0.667. The number of nitrogens with zero attached hydrogens (tertiary/aromatic N) is 1. The van der Waals surface area contributed by atoms with Crippen LogP contribution in [0.15, 0.2) is 0 Å². The number of aliphatic hydroxyl groups excluding tert-OH is 1. The van der Waals surface area contributed by atoms with E-state index in [-0.39, 0.29) is 12.5 Å². The third-order valence-corrected chi connectivity index (χ3v) is 2.19. The molecule has 0 saturated carbocycles. The van der Waals surface area contributed by atoms with E-state index in [0.717, 1.165) is 0 Å². The molecule has 1 heterocycles. The Morgan fingerprint density at radius 3 is 2.77 bits per heavy atom. The minimum absolute atomic E-state index is 0.118.